The predicted molar refractivity (Wildman–Crippen MR) is 130 cm³/mol. The van der Waals surface area contributed by atoms with Crippen molar-refractivity contribution >= 4 is 40.0 Å². The number of thiazole rings is 1. The Hall–Kier alpha value is -3.58. The normalized spacial score (nSPS) is 20.0. The van der Waals surface area contributed by atoms with Gasteiger partial charge in [0.15, 0.2) is 0 Å². The van der Waals surface area contributed by atoms with Crippen LogP contribution in [0.4, 0.5) is 24.8 Å². The molecule has 3 aromatic heterocycles. The molecule has 1 aliphatic rings. The van der Waals surface area contributed by atoms with Crippen LogP contribution in [0.25, 0.3) is 21.5 Å². The predicted octanol–water partition coefficient (Wildman–Crippen LogP) is 5.34. The molecule has 1 atom stereocenters. The molecule has 194 valence electrons. The summed E-state index contributed by atoms with van der Waals surface area (Å²) in [7, 11) is 0. The van der Waals surface area contributed by atoms with Crippen LogP contribution in [-0.4, -0.2) is 41.1 Å². The van der Waals surface area contributed by atoms with Crippen LogP contribution in [0.2, 0.25) is 0 Å². The highest BCUT2D eigenvalue weighted by atomic mass is 32.1. The van der Waals surface area contributed by atoms with Crippen molar-refractivity contribution in [1.29, 1.82) is 0 Å². The van der Waals surface area contributed by atoms with Gasteiger partial charge >= 0.3 is 12.1 Å². The molecule has 3 heterocycles. The number of hydrogen-bond donors (Lipinski definition) is 4. The molecule has 4 N–H and O–H groups in total. The van der Waals surface area contributed by atoms with E-state index in [0.717, 1.165) is 12.3 Å². The summed E-state index contributed by atoms with van der Waals surface area (Å²) >= 11 is 1.29. The van der Waals surface area contributed by atoms with Crippen molar-refractivity contribution in [3.8, 4) is 10.4 Å². The van der Waals surface area contributed by atoms with Crippen LogP contribution < -0.4 is 5.32 Å². The number of hydrogen-bond acceptors (Lipinski definition) is 8. The quantitative estimate of drug-likeness (QED) is 0.261. The third-order valence-corrected chi connectivity index (χ3v) is 8.06. The van der Waals surface area contributed by atoms with Crippen molar-refractivity contribution in [1.82, 2.24) is 24.9 Å². The number of carbonyl (C=O) groups is 1. The van der Waals surface area contributed by atoms with Gasteiger partial charge in [-0.15, -0.1) is 11.3 Å². The Morgan fingerprint density at radius 3 is 2.62 bits per heavy atom. The minimum atomic E-state index is -4.60. The maximum absolute atomic E-state index is 13.1. The van der Waals surface area contributed by atoms with Crippen LogP contribution in [0.5, 0.6) is 0 Å². The highest BCUT2D eigenvalue weighted by Gasteiger charge is 2.40. The van der Waals surface area contributed by atoms with E-state index in [4.69, 9.17) is 0 Å². The first-order chi connectivity index (χ1) is 17.5. The Labute approximate surface area is 212 Å². The maximum atomic E-state index is 13.1. The van der Waals surface area contributed by atoms with Crippen LogP contribution in [-0.2, 0) is 16.6 Å². The molecule has 9 nitrogen and oxygen atoms in total. The third kappa shape index (κ3) is 5.01. The number of fused-ring (bicyclic) bond motifs is 1. The standard InChI is InChI=1S/C24H23F3N6O3S/c1-23(36,13-4-2-12(3-5-13)20(34)35)21-29-10-17(37-21)15-8-14(9-16-19(15)31-11-30-16)32-22-28-7-6-18(33-22)24(25,26)27/h6-13,36H,2-5H2,1H3,(H,30,31)(H,34,35)(H,28,32,33)/t12?,13?,23-/m1/s1. The van der Waals surface area contributed by atoms with Gasteiger partial charge in [0.1, 0.15) is 16.3 Å². The highest BCUT2D eigenvalue weighted by Crippen LogP contribution is 2.44. The van der Waals surface area contributed by atoms with Gasteiger partial charge < -0.3 is 20.5 Å². The number of aromatic amines is 1. The molecule has 1 aliphatic carbocycles. The van der Waals surface area contributed by atoms with Gasteiger partial charge in [-0.3, -0.25) is 4.79 Å². The summed E-state index contributed by atoms with van der Waals surface area (Å²) in [6.07, 6.45) is 1.76. The number of carboxylic acids is 1. The second kappa shape index (κ2) is 9.38. The van der Waals surface area contributed by atoms with E-state index in [2.05, 4.69) is 30.2 Å². The average molecular weight is 533 g/mol. The number of nitrogens with one attached hydrogen (secondary N) is 2. The number of rotatable bonds is 6. The molecular weight excluding hydrogens is 509 g/mol. The number of anilines is 2. The summed E-state index contributed by atoms with van der Waals surface area (Å²) < 4.78 is 39.2. The monoisotopic (exact) mass is 532 g/mol. The van der Waals surface area contributed by atoms with Crippen molar-refractivity contribution in [2.75, 3.05) is 5.32 Å². The number of alkyl halides is 3. The van der Waals surface area contributed by atoms with E-state index in [1.807, 2.05) is 0 Å². The first-order valence-corrected chi connectivity index (χ1v) is 12.4. The maximum Gasteiger partial charge on any atom is 0.433 e. The van der Waals surface area contributed by atoms with E-state index in [-0.39, 0.29) is 17.8 Å². The van der Waals surface area contributed by atoms with Gasteiger partial charge in [0, 0.05) is 23.6 Å². The first kappa shape index (κ1) is 25.1. The van der Waals surface area contributed by atoms with Gasteiger partial charge in [0.2, 0.25) is 5.95 Å². The molecule has 0 aliphatic heterocycles. The molecule has 5 rings (SSSR count). The Morgan fingerprint density at radius 1 is 1.16 bits per heavy atom. The number of nitrogens with zero attached hydrogens (tertiary/aromatic N) is 4. The fraction of sp³-hybridized carbons (Fsp3) is 0.375. The SMILES string of the molecule is C[C@](O)(c1ncc(-c2cc(Nc3nccc(C(F)(F)F)n3)cc3[nH]cnc23)s1)C1CCC(C(=O)O)CC1. The molecule has 1 fully saturated rings. The zero-order valence-corrected chi connectivity index (χ0v) is 20.4. The molecule has 0 spiro atoms. The number of H-pyrrole nitrogens is 1. The van der Waals surface area contributed by atoms with Crippen molar-refractivity contribution in [3.63, 3.8) is 0 Å². The third-order valence-electron chi connectivity index (χ3n) is 6.80. The Balaban J connectivity index is 1.43. The average Bonchev–Trinajstić information content (AvgIpc) is 3.54. The van der Waals surface area contributed by atoms with Gasteiger partial charge in [-0.2, -0.15) is 13.2 Å². The van der Waals surface area contributed by atoms with E-state index in [0.29, 0.717) is 57.9 Å². The Kier molecular flexibility index (Phi) is 6.36. The second-order valence-corrected chi connectivity index (χ2v) is 10.3. The largest absolute Gasteiger partial charge is 0.481 e. The molecule has 0 saturated heterocycles. The molecule has 1 aromatic carbocycles. The summed E-state index contributed by atoms with van der Waals surface area (Å²) in [6.45, 7) is 1.70. The minimum absolute atomic E-state index is 0.126. The topological polar surface area (TPSA) is 137 Å². The molecule has 0 unspecified atom stereocenters. The van der Waals surface area contributed by atoms with E-state index in [1.54, 1.807) is 25.3 Å². The zero-order chi connectivity index (χ0) is 26.4. The van der Waals surface area contributed by atoms with Gasteiger partial charge in [-0.1, -0.05) is 0 Å². The Bertz CT molecular complexity index is 1440. The lowest BCUT2D eigenvalue weighted by atomic mass is 9.74. The van der Waals surface area contributed by atoms with Crippen LogP contribution in [0.15, 0.2) is 36.9 Å². The van der Waals surface area contributed by atoms with E-state index >= 15 is 0 Å². The number of aliphatic carboxylic acids is 1. The Morgan fingerprint density at radius 2 is 1.92 bits per heavy atom. The molecular formula is C24H23F3N6O3S. The van der Waals surface area contributed by atoms with Gasteiger partial charge in [-0.05, 0) is 56.7 Å². The van der Waals surface area contributed by atoms with Crippen LogP contribution in [0, 0.1) is 11.8 Å². The van der Waals surface area contributed by atoms with Crippen molar-refractivity contribution < 1.29 is 28.2 Å². The van der Waals surface area contributed by atoms with Gasteiger partial charge in [0.25, 0.3) is 0 Å². The molecule has 1 saturated carbocycles. The second-order valence-electron chi connectivity index (χ2n) is 9.27. The van der Waals surface area contributed by atoms with Crippen LogP contribution in [0.3, 0.4) is 0 Å². The zero-order valence-electron chi connectivity index (χ0n) is 19.6. The molecule has 13 heteroatoms. The van der Waals surface area contributed by atoms with Crippen LogP contribution in [0.1, 0.15) is 43.3 Å². The lowest BCUT2D eigenvalue weighted by Gasteiger charge is -2.35. The number of imidazole rings is 1. The van der Waals surface area contributed by atoms with Crippen molar-refractivity contribution in [2.24, 2.45) is 11.8 Å². The van der Waals surface area contributed by atoms with E-state index < -0.39 is 23.4 Å². The summed E-state index contributed by atoms with van der Waals surface area (Å²) in [5.74, 6) is -1.52. The number of benzene rings is 1. The fourth-order valence-electron chi connectivity index (χ4n) is 4.73. The summed E-state index contributed by atoms with van der Waals surface area (Å²) in [4.78, 5) is 31.3. The van der Waals surface area contributed by atoms with Gasteiger partial charge in [0.05, 0.1) is 28.2 Å². The van der Waals surface area contributed by atoms with Crippen LogP contribution >= 0.6 is 11.3 Å². The van der Waals surface area contributed by atoms with E-state index in [9.17, 15) is 28.2 Å². The lowest BCUT2D eigenvalue weighted by Crippen LogP contribution is -2.35. The molecule has 4 aromatic rings. The molecule has 0 radical (unpaired) electrons. The highest BCUT2D eigenvalue weighted by molar-refractivity contribution is 7.15. The van der Waals surface area contributed by atoms with Crippen molar-refractivity contribution in [3.05, 3.63) is 47.6 Å². The summed E-state index contributed by atoms with van der Waals surface area (Å²) in [5.41, 5.74) is 0.0911. The molecule has 37 heavy (non-hydrogen) atoms. The first-order valence-electron chi connectivity index (χ1n) is 11.6. The minimum Gasteiger partial charge on any atom is -0.481 e. The number of aliphatic hydroxyl groups is 1. The summed E-state index contributed by atoms with van der Waals surface area (Å²) in [6, 6.07) is 4.21. The number of aromatic nitrogens is 5. The van der Waals surface area contributed by atoms with Gasteiger partial charge in [-0.25, -0.2) is 19.9 Å². The lowest BCUT2D eigenvalue weighted by molar-refractivity contribution is -0.144. The fourth-order valence-corrected chi connectivity index (χ4v) is 5.78. The molecule has 0 amide bonds. The summed E-state index contributed by atoms with van der Waals surface area (Å²) in [5, 5.41) is 24.0. The smallest absolute Gasteiger partial charge is 0.433 e. The van der Waals surface area contributed by atoms with E-state index in [1.165, 1.54) is 17.7 Å². The number of halogens is 3. The molecule has 0 bridgehead atoms. The number of carboxylic acid groups (broad SMARTS) is 1. The van der Waals surface area contributed by atoms with Crippen molar-refractivity contribution in [2.45, 2.75) is 44.4 Å².